The van der Waals surface area contributed by atoms with Crippen LogP contribution in [-0.2, 0) is 0 Å². The molecular formula is C13H15NS. The largest absolute Gasteiger partial charge is 0.320 e. The third-order valence-corrected chi connectivity index (χ3v) is 3.67. The van der Waals surface area contributed by atoms with Crippen LogP contribution in [0.3, 0.4) is 0 Å². The molecule has 1 aromatic carbocycles. The minimum atomic E-state index is 0.0184. The molecule has 78 valence electrons. The molecule has 0 radical (unpaired) electrons. The van der Waals surface area contributed by atoms with Crippen LogP contribution in [0.15, 0.2) is 36.4 Å². The summed E-state index contributed by atoms with van der Waals surface area (Å²) >= 11 is 1.77. The molecule has 15 heavy (non-hydrogen) atoms. The van der Waals surface area contributed by atoms with Crippen molar-refractivity contribution in [3.05, 3.63) is 57.3 Å². The molecule has 1 unspecified atom stereocenters. The van der Waals surface area contributed by atoms with Crippen molar-refractivity contribution in [3.63, 3.8) is 0 Å². The van der Waals surface area contributed by atoms with Crippen molar-refractivity contribution < 1.29 is 0 Å². The predicted octanol–water partition coefficient (Wildman–Crippen LogP) is 3.41. The van der Waals surface area contributed by atoms with E-state index in [2.05, 4.69) is 38.1 Å². The van der Waals surface area contributed by atoms with Crippen molar-refractivity contribution in [1.29, 1.82) is 0 Å². The highest BCUT2D eigenvalue weighted by Gasteiger charge is 2.12. The first-order chi connectivity index (χ1) is 7.18. The second kappa shape index (κ2) is 4.17. The van der Waals surface area contributed by atoms with Crippen LogP contribution >= 0.6 is 11.3 Å². The van der Waals surface area contributed by atoms with Crippen LogP contribution in [0.5, 0.6) is 0 Å². The fourth-order valence-corrected chi connectivity index (χ4v) is 2.61. The van der Waals surface area contributed by atoms with E-state index >= 15 is 0 Å². The van der Waals surface area contributed by atoms with Crippen LogP contribution in [0.4, 0.5) is 0 Å². The first-order valence-corrected chi connectivity index (χ1v) is 5.87. The van der Waals surface area contributed by atoms with Gasteiger partial charge in [-0.3, -0.25) is 0 Å². The van der Waals surface area contributed by atoms with Crippen LogP contribution in [-0.4, -0.2) is 0 Å². The van der Waals surface area contributed by atoms with E-state index in [1.807, 2.05) is 12.1 Å². The second-order valence-electron chi connectivity index (χ2n) is 3.78. The zero-order valence-electron chi connectivity index (χ0n) is 9.03. The summed E-state index contributed by atoms with van der Waals surface area (Å²) in [5, 5.41) is 0. The zero-order chi connectivity index (χ0) is 10.8. The molecule has 2 rings (SSSR count). The van der Waals surface area contributed by atoms with E-state index < -0.39 is 0 Å². The van der Waals surface area contributed by atoms with Crippen molar-refractivity contribution >= 4 is 11.3 Å². The quantitative estimate of drug-likeness (QED) is 0.819. The molecule has 0 amide bonds. The lowest BCUT2D eigenvalue weighted by Gasteiger charge is -2.12. The number of benzene rings is 1. The average Bonchev–Trinajstić information content (AvgIpc) is 2.65. The highest BCUT2D eigenvalue weighted by molar-refractivity contribution is 7.12. The Morgan fingerprint density at radius 1 is 1.07 bits per heavy atom. The molecule has 0 saturated heterocycles. The molecule has 0 aliphatic rings. The molecule has 2 N–H and O–H groups in total. The lowest BCUT2D eigenvalue weighted by atomic mass is 10.0. The summed E-state index contributed by atoms with van der Waals surface area (Å²) in [7, 11) is 0. The van der Waals surface area contributed by atoms with Gasteiger partial charge in [-0.2, -0.15) is 0 Å². The van der Waals surface area contributed by atoms with Crippen molar-refractivity contribution in [2.24, 2.45) is 5.73 Å². The van der Waals surface area contributed by atoms with Gasteiger partial charge >= 0.3 is 0 Å². The SMILES string of the molecule is Cc1ccc(C(N)c2ccccc2C)s1. The van der Waals surface area contributed by atoms with E-state index in [0.29, 0.717) is 0 Å². The van der Waals surface area contributed by atoms with Gasteiger partial charge < -0.3 is 5.73 Å². The Morgan fingerprint density at radius 3 is 2.40 bits per heavy atom. The smallest absolute Gasteiger partial charge is 0.0648 e. The van der Waals surface area contributed by atoms with E-state index in [0.717, 1.165) is 0 Å². The Hall–Kier alpha value is -1.12. The van der Waals surface area contributed by atoms with Gasteiger partial charge in [0.2, 0.25) is 0 Å². The standard InChI is InChI=1S/C13H15NS/c1-9-5-3-4-6-11(9)13(14)12-8-7-10(2)15-12/h3-8,13H,14H2,1-2H3. The summed E-state index contributed by atoms with van der Waals surface area (Å²) in [6.07, 6.45) is 0. The van der Waals surface area contributed by atoms with E-state index in [-0.39, 0.29) is 6.04 Å². The highest BCUT2D eigenvalue weighted by Crippen LogP contribution is 2.27. The molecule has 1 aromatic heterocycles. The molecule has 0 bridgehead atoms. The normalized spacial score (nSPS) is 12.7. The monoisotopic (exact) mass is 217 g/mol. The van der Waals surface area contributed by atoms with Crippen LogP contribution < -0.4 is 5.73 Å². The first kappa shape index (κ1) is 10.4. The van der Waals surface area contributed by atoms with Crippen molar-refractivity contribution in [2.75, 3.05) is 0 Å². The highest BCUT2D eigenvalue weighted by atomic mass is 32.1. The van der Waals surface area contributed by atoms with E-state index in [9.17, 15) is 0 Å². The summed E-state index contributed by atoms with van der Waals surface area (Å²) in [6, 6.07) is 12.6. The van der Waals surface area contributed by atoms with Gasteiger partial charge in [0.1, 0.15) is 0 Å². The summed E-state index contributed by atoms with van der Waals surface area (Å²) < 4.78 is 0. The Labute approximate surface area is 94.6 Å². The minimum Gasteiger partial charge on any atom is -0.320 e. The van der Waals surface area contributed by atoms with Gasteiger partial charge in [0.05, 0.1) is 6.04 Å². The fourth-order valence-electron chi connectivity index (χ4n) is 1.71. The molecule has 0 aliphatic carbocycles. The Bertz CT molecular complexity index is 459. The van der Waals surface area contributed by atoms with Crippen molar-refractivity contribution in [1.82, 2.24) is 0 Å². The van der Waals surface area contributed by atoms with Crippen molar-refractivity contribution in [3.8, 4) is 0 Å². The zero-order valence-corrected chi connectivity index (χ0v) is 9.84. The van der Waals surface area contributed by atoms with Gasteiger partial charge in [0, 0.05) is 9.75 Å². The number of hydrogen-bond donors (Lipinski definition) is 1. The van der Waals surface area contributed by atoms with E-state index in [4.69, 9.17) is 5.73 Å². The summed E-state index contributed by atoms with van der Waals surface area (Å²) in [6.45, 7) is 4.22. The van der Waals surface area contributed by atoms with Gasteiger partial charge in [-0.1, -0.05) is 24.3 Å². The molecule has 2 aromatic rings. The number of aryl methyl sites for hydroxylation is 2. The number of thiophene rings is 1. The van der Waals surface area contributed by atoms with E-state index in [1.54, 1.807) is 11.3 Å². The molecular weight excluding hydrogens is 202 g/mol. The molecule has 1 atom stereocenters. The van der Waals surface area contributed by atoms with Crippen LogP contribution in [0.1, 0.15) is 26.9 Å². The first-order valence-electron chi connectivity index (χ1n) is 5.06. The Balaban J connectivity index is 2.36. The summed E-state index contributed by atoms with van der Waals surface area (Å²) in [5.41, 5.74) is 8.72. The van der Waals surface area contributed by atoms with E-state index in [1.165, 1.54) is 20.9 Å². The van der Waals surface area contributed by atoms with Gasteiger partial charge in [0.15, 0.2) is 0 Å². The van der Waals surface area contributed by atoms with Crippen molar-refractivity contribution in [2.45, 2.75) is 19.9 Å². The third kappa shape index (κ3) is 2.11. The lowest BCUT2D eigenvalue weighted by molar-refractivity contribution is 0.882. The molecule has 1 heterocycles. The Morgan fingerprint density at radius 2 is 1.80 bits per heavy atom. The number of nitrogens with two attached hydrogens (primary N) is 1. The number of hydrogen-bond acceptors (Lipinski definition) is 2. The molecule has 0 saturated carbocycles. The molecule has 2 heteroatoms. The minimum absolute atomic E-state index is 0.0184. The summed E-state index contributed by atoms with van der Waals surface area (Å²) in [5.74, 6) is 0. The average molecular weight is 217 g/mol. The third-order valence-electron chi connectivity index (χ3n) is 2.59. The summed E-state index contributed by atoms with van der Waals surface area (Å²) in [4.78, 5) is 2.55. The van der Waals surface area contributed by atoms with Crippen LogP contribution in [0, 0.1) is 13.8 Å². The maximum atomic E-state index is 6.24. The molecule has 0 fully saturated rings. The van der Waals surface area contributed by atoms with Crippen LogP contribution in [0.2, 0.25) is 0 Å². The number of rotatable bonds is 2. The van der Waals surface area contributed by atoms with Gasteiger partial charge in [-0.25, -0.2) is 0 Å². The van der Waals surface area contributed by atoms with Gasteiger partial charge in [-0.05, 0) is 37.1 Å². The molecule has 0 aliphatic heterocycles. The molecule has 1 nitrogen and oxygen atoms in total. The van der Waals surface area contributed by atoms with Crippen LogP contribution in [0.25, 0.3) is 0 Å². The maximum Gasteiger partial charge on any atom is 0.0648 e. The fraction of sp³-hybridized carbons (Fsp3) is 0.231. The Kier molecular flexibility index (Phi) is 2.89. The predicted molar refractivity (Wildman–Crippen MR) is 66.3 cm³/mol. The maximum absolute atomic E-state index is 6.24. The topological polar surface area (TPSA) is 26.0 Å². The lowest BCUT2D eigenvalue weighted by Crippen LogP contribution is -2.11. The molecule has 0 spiro atoms. The van der Waals surface area contributed by atoms with Gasteiger partial charge in [-0.15, -0.1) is 11.3 Å². The van der Waals surface area contributed by atoms with Gasteiger partial charge in [0.25, 0.3) is 0 Å². The second-order valence-corrected chi connectivity index (χ2v) is 5.10.